The highest BCUT2D eigenvalue weighted by Crippen LogP contribution is 2.42. The highest BCUT2D eigenvalue weighted by Gasteiger charge is 2.30. The first-order valence-electron chi connectivity index (χ1n) is 7.65. The predicted molar refractivity (Wildman–Crippen MR) is 87.1 cm³/mol. The molecule has 0 spiro atoms. The molecule has 0 bridgehead atoms. The Labute approximate surface area is 136 Å². The van der Waals surface area contributed by atoms with Crippen molar-refractivity contribution in [1.82, 2.24) is 0 Å². The van der Waals surface area contributed by atoms with Crippen molar-refractivity contribution in [1.29, 1.82) is 0 Å². The van der Waals surface area contributed by atoms with Gasteiger partial charge in [0.25, 0.3) is 6.47 Å². The molecule has 0 fully saturated rings. The highest BCUT2D eigenvalue weighted by atomic mass is 16.5. The highest BCUT2D eigenvalue weighted by molar-refractivity contribution is 5.52. The fourth-order valence-corrected chi connectivity index (χ4v) is 3.34. The molecule has 23 heavy (non-hydrogen) atoms. The Bertz CT molecular complexity index is 681. The molecule has 0 saturated carbocycles. The number of hydrogen-bond acceptors (Lipinski definition) is 4. The minimum atomic E-state index is -0.122. The van der Waals surface area contributed by atoms with Crippen LogP contribution in [0.4, 0.5) is 0 Å². The lowest BCUT2D eigenvalue weighted by molar-refractivity contribution is -0.134. The first-order chi connectivity index (χ1) is 11.3. The number of hydrogen-bond donors (Lipinski definition) is 0. The zero-order valence-corrected chi connectivity index (χ0v) is 13.3. The Kier molecular flexibility index (Phi) is 4.51. The maximum absolute atomic E-state index is 10.8. The van der Waals surface area contributed by atoms with Crippen LogP contribution in [0.3, 0.4) is 0 Å². The third-order valence-corrected chi connectivity index (χ3v) is 4.42. The van der Waals surface area contributed by atoms with E-state index in [1.807, 2.05) is 30.3 Å². The molecule has 0 heterocycles. The molecule has 3 rings (SSSR count). The number of benzene rings is 2. The SMILES string of the molecule is COc1cc2c(cc1OC)[C@@H](c1ccccc1)C[C@H](OC=O)C2. The number of carbonyl (C=O) groups excluding carboxylic acids is 1. The molecule has 1 aliphatic carbocycles. The summed E-state index contributed by atoms with van der Waals surface area (Å²) in [6.45, 7) is 0.540. The van der Waals surface area contributed by atoms with E-state index < -0.39 is 0 Å². The minimum absolute atomic E-state index is 0.122. The lowest BCUT2D eigenvalue weighted by Crippen LogP contribution is -2.26. The topological polar surface area (TPSA) is 44.8 Å². The first-order valence-corrected chi connectivity index (χ1v) is 7.65. The maximum atomic E-state index is 10.8. The summed E-state index contributed by atoms with van der Waals surface area (Å²) in [4.78, 5) is 10.8. The van der Waals surface area contributed by atoms with Gasteiger partial charge in [-0.05, 0) is 35.2 Å². The summed E-state index contributed by atoms with van der Waals surface area (Å²) >= 11 is 0. The van der Waals surface area contributed by atoms with Gasteiger partial charge in [0.15, 0.2) is 11.5 Å². The van der Waals surface area contributed by atoms with Crippen LogP contribution in [0.1, 0.15) is 29.0 Å². The molecule has 120 valence electrons. The molecule has 0 saturated heterocycles. The molecule has 0 aliphatic heterocycles. The van der Waals surface area contributed by atoms with E-state index in [1.165, 1.54) is 11.1 Å². The van der Waals surface area contributed by atoms with Crippen LogP contribution in [-0.4, -0.2) is 26.8 Å². The third kappa shape index (κ3) is 3.02. The van der Waals surface area contributed by atoms with Gasteiger partial charge in [-0.25, -0.2) is 0 Å². The number of rotatable bonds is 5. The van der Waals surface area contributed by atoms with Crippen molar-refractivity contribution in [3.05, 3.63) is 59.2 Å². The van der Waals surface area contributed by atoms with Crippen molar-refractivity contribution in [3.8, 4) is 11.5 Å². The Morgan fingerprint density at radius 2 is 1.74 bits per heavy atom. The van der Waals surface area contributed by atoms with E-state index >= 15 is 0 Å². The van der Waals surface area contributed by atoms with Gasteiger partial charge in [0.2, 0.25) is 0 Å². The van der Waals surface area contributed by atoms with E-state index in [1.54, 1.807) is 14.2 Å². The molecule has 2 aromatic carbocycles. The van der Waals surface area contributed by atoms with Crippen LogP contribution in [0.15, 0.2) is 42.5 Å². The van der Waals surface area contributed by atoms with Crippen molar-refractivity contribution in [3.63, 3.8) is 0 Å². The van der Waals surface area contributed by atoms with E-state index in [-0.39, 0.29) is 12.0 Å². The van der Waals surface area contributed by atoms with Gasteiger partial charge >= 0.3 is 0 Å². The van der Waals surface area contributed by atoms with E-state index in [9.17, 15) is 4.79 Å². The summed E-state index contributed by atoms with van der Waals surface area (Å²) in [5.74, 6) is 1.59. The molecule has 4 heteroatoms. The van der Waals surface area contributed by atoms with Crippen molar-refractivity contribution < 1.29 is 19.0 Å². The van der Waals surface area contributed by atoms with Crippen LogP contribution >= 0.6 is 0 Å². The summed E-state index contributed by atoms with van der Waals surface area (Å²) < 4.78 is 16.1. The number of carbonyl (C=O) groups is 1. The first kappa shape index (κ1) is 15.4. The summed E-state index contributed by atoms with van der Waals surface area (Å²) in [7, 11) is 3.27. The molecule has 0 amide bonds. The second-order valence-corrected chi connectivity index (χ2v) is 5.66. The van der Waals surface area contributed by atoms with Gasteiger partial charge in [0, 0.05) is 12.3 Å². The Morgan fingerprint density at radius 1 is 1.04 bits per heavy atom. The van der Waals surface area contributed by atoms with Crippen LogP contribution in [-0.2, 0) is 16.0 Å². The van der Waals surface area contributed by atoms with E-state index in [0.29, 0.717) is 18.6 Å². The van der Waals surface area contributed by atoms with E-state index in [0.717, 1.165) is 17.7 Å². The van der Waals surface area contributed by atoms with Crippen molar-refractivity contribution in [2.75, 3.05) is 14.2 Å². The zero-order valence-electron chi connectivity index (χ0n) is 13.3. The Morgan fingerprint density at radius 3 is 2.39 bits per heavy atom. The van der Waals surface area contributed by atoms with Crippen LogP contribution in [0.2, 0.25) is 0 Å². The average molecular weight is 312 g/mol. The summed E-state index contributed by atoms with van der Waals surface area (Å²) in [5.41, 5.74) is 3.55. The maximum Gasteiger partial charge on any atom is 0.293 e. The molecular weight excluding hydrogens is 292 g/mol. The van der Waals surface area contributed by atoms with Gasteiger partial charge in [-0.15, -0.1) is 0 Å². The smallest absolute Gasteiger partial charge is 0.293 e. The Balaban J connectivity index is 2.09. The lowest BCUT2D eigenvalue weighted by Gasteiger charge is -2.31. The number of ether oxygens (including phenoxy) is 3. The van der Waals surface area contributed by atoms with Crippen LogP contribution in [0, 0.1) is 0 Å². The fraction of sp³-hybridized carbons (Fsp3) is 0.316. The van der Waals surface area contributed by atoms with Crippen LogP contribution in [0.25, 0.3) is 0 Å². The van der Waals surface area contributed by atoms with Gasteiger partial charge in [-0.2, -0.15) is 0 Å². The second-order valence-electron chi connectivity index (χ2n) is 5.66. The standard InChI is InChI=1S/C19H20O4/c1-21-18-9-14-8-15(23-12-20)10-16(13-6-4-3-5-7-13)17(14)11-19(18)22-2/h3-7,9,11-12,15-16H,8,10H2,1-2H3/t15-,16-/m1/s1. The van der Waals surface area contributed by atoms with Crippen molar-refractivity contribution in [2.24, 2.45) is 0 Å². The zero-order chi connectivity index (χ0) is 16.2. The lowest BCUT2D eigenvalue weighted by atomic mass is 9.77. The van der Waals surface area contributed by atoms with E-state index in [4.69, 9.17) is 14.2 Å². The monoisotopic (exact) mass is 312 g/mol. The van der Waals surface area contributed by atoms with Gasteiger partial charge < -0.3 is 14.2 Å². The van der Waals surface area contributed by atoms with Gasteiger partial charge in [-0.3, -0.25) is 4.79 Å². The molecular formula is C19H20O4. The molecule has 0 N–H and O–H groups in total. The average Bonchev–Trinajstić information content (AvgIpc) is 2.61. The third-order valence-electron chi connectivity index (χ3n) is 4.42. The molecule has 2 atom stereocenters. The normalized spacial score (nSPS) is 19.6. The molecule has 0 unspecified atom stereocenters. The van der Waals surface area contributed by atoms with E-state index in [2.05, 4.69) is 12.1 Å². The predicted octanol–water partition coefficient (Wildman–Crippen LogP) is 3.32. The molecule has 4 nitrogen and oxygen atoms in total. The molecule has 0 aromatic heterocycles. The van der Waals surface area contributed by atoms with Gasteiger partial charge in [0.05, 0.1) is 14.2 Å². The van der Waals surface area contributed by atoms with Crippen LogP contribution in [0.5, 0.6) is 11.5 Å². The van der Waals surface area contributed by atoms with Crippen LogP contribution < -0.4 is 9.47 Å². The quantitative estimate of drug-likeness (QED) is 0.795. The summed E-state index contributed by atoms with van der Waals surface area (Å²) in [6.07, 6.45) is 1.34. The number of fused-ring (bicyclic) bond motifs is 1. The summed E-state index contributed by atoms with van der Waals surface area (Å²) in [6, 6.07) is 14.3. The van der Waals surface area contributed by atoms with Gasteiger partial charge in [0.1, 0.15) is 6.10 Å². The van der Waals surface area contributed by atoms with Gasteiger partial charge in [-0.1, -0.05) is 30.3 Å². The van der Waals surface area contributed by atoms with Crippen molar-refractivity contribution in [2.45, 2.75) is 24.9 Å². The number of methoxy groups -OCH3 is 2. The summed E-state index contributed by atoms with van der Waals surface area (Å²) in [5, 5.41) is 0. The molecule has 1 aliphatic rings. The Hall–Kier alpha value is -2.49. The minimum Gasteiger partial charge on any atom is -0.493 e. The van der Waals surface area contributed by atoms with Crippen molar-refractivity contribution >= 4 is 6.47 Å². The largest absolute Gasteiger partial charge is 0.493 e. The second kappa shape index (κ2) is 6.73. The molecule has 2 aromatic rings. The molecule has 0 radical (unpaired) electrons. The fourth-order valence-electron chi connectivity index (χ4n) is 3.34.